The highest BCUT2D eigenvalue weighted by Gasteiger charge is 2.28. The van der Waals surface area contributed by atoms with Crippen LogP contribution in [0.5, 0.6) is 0 Å². The Morgan fingerprint density at radius 3 is 2.71 bits per heavy atom. The average Bonchev–Trinajstić information content (AvgIpc) is 3.09. The van der Waals surface area contributed by atoms with Gasteiger partial charge < -0.3 is 15.7 Å². The summed E-state index contributed by atoms with van der Waals surface area (Å²) in [4.78, 5) is 13.2. The van der Waals surface area contributed by atoms with Crippen molar-refractivity contribution in [2.75, 3.05) is 17.2 Å². The molecule has 1 saturated carbocycles. The van der Waals surface area contributed by atoms with E-state index in [0.29, 0.717) is 11.7 Å². The summed E-state index contributed by atoms with van der Waals surface area (Å²) in [6, 6.07) is 5.84. The first-order chi connectivity index (χ1) is 8.13. The van der Waals surface area contributed by atoms with Crippen LogP contribution in [0, 0.1) is 0 Å². The highest BCUT2D eigenvalue weighted by atomic mass is 16.4. The van der Waals surface area contributed by atoms with Crippen LogP contribution in [0.1, 0.15) is 36.5 Å². The van der Waals surface area contributed by atoms with Crippen LogP contribution in [0.2, 0.25) is 0 Å². The summed E-state index contributed by atoms with van der Waals surface area (Å²) in [6.45, 7) is 3.14. The quantitative estimate of drug-likeness (QED) is 0.767. The van der Waals surface area contributed by atoms with E-state index in [2.05, 4.69) is 11.8 Å². The average molecular weight is 234 g/mol. The molecule has 17 heavy (non-hydrogen) atoms. The molecule has 0 heterocycles. The molecule has 0 aliphatic heterocycles. The van der Waals surface area contributed by atoms with Gasteiger partial charge in [-0.3, -0.25) is 0 Å². The van der Waals surface area contributed by atoms with Crippen LogP contribution in [-0.2, 0) is 0 Å². The Balaban J connectivity index is 2.25. The van der Waals surface area contributed by atoms with Gasteiger partial charge in [0.2, 0.25) is 0 Å². The van der Waals surface area contributed by atoms with Crippen molar-refractivity contribution in [2.45, 2.75) is 32.2 Å². The van der Waals surface area contributed by atoms with E-state index in [0.717, 1.165) is 18.7 Å². The fourth-order valence-corrected chi connectivity index (χ4v) is 2.07. The first-order valence-electron chi connectivity index (χ1n) is 6.03. The van der Waals surface area contributed by atoms with E-state index in [1.54, 1.807) is 12.1 Å². The lowest BCUT2D eigenvalue weighted by atomic mass is 10.1. The molecule has 1 aromatic carbocycles. The normalized spacial score (nSPS) is 14.6. The summed E-state index contributed by atoms with van der Waals surface area (Å²) in [5.41, 5.74) is 7.33. The molecule has 4 heteroatoms. The fraction of sp³-hybridized carbons (Fsp3) is 0.462. The van der Waals surface area contributed by atoms with Gasteiger partial charge in [-0.05, 0) is 37.5 Å². The van der Waals surface area contributed by atoms with E-state index in [4.69, 9.17) is 10.8 Å². The summed E-state index contributed by atoms with van der Waals surface area (Å²) in [7, 11) is 0. The van der Waals surface area contributed by atoms with Gasteiger partial charge in [0.1, 0.15) is 0 Å². The second-order valence-electron chi connectivity index (χ2n) is 4.50. The molecule has 0 spiro atoms. The van der Waals surface area contributed by atoms with Crippen LogP contribution in [-0.4, -0.2) is 23.7 Å². The number of anilines is 2. The van der Waals surface area contributed by atoms with Crippen molar-refractivity contribution in [3.8, 4) is 0 Å². The number of nitrogens with zero attached hydrogens (tertiary/aromatic N) is 1. The van der Waals surface area contributed by atoms with Gasteiger partial charge in [0, 0.05) is 24.0 Å². The number of nitrogen functional groups attached to an aromatic ring is 1. The van der Waals surface area contributed by atoms with Gasteiger partial charge in [-0.2, -0.15) is 0 Å². The number of carboxylic acid groups (broad SMARTS) is 1. The van der Waals surface area contributed by atoms with Gasteiger partial charge in [-0.15, -0.1) is 0 Å². The Hall–Kier alpha value is -1.71. The van der Waals surface area contributed by atoms with Gasteiger partial charge in [0.25, 0.3) is 0 Å². The molecule has 0 bridgehead atoms. The van der Waals surface area contributed by atoms with Crippen LogP contribution in [0.25, 0.3) is 0 Å². The number of benzene rings is 1. The molecule has 1 aromatic rings. The number of nitrogens with two attached hydrogens (primary N) is 1. The third-order valence-corrected chi connectivity index (χ3v) is 3.05. The van der Waals surface area contributed by atoms with Crippen molar-refractivity contribution >= 4 is 17.3 Å². The topological polar surface area (TPSA) is 66.6 Å². The van der Waals surface area contributed by atoms with E-state index >= 15 is 0 Å². The lowest BCUT2D eigenvalue weighted by Crippen LogP contribution is -2.26. The standard InChI is InChI=1S/C13H18N2O2/c1-2-7-15(9-3-4-9)10-5-6-11(13(16)17)12(14)8-10/h5-6,8-9H,2-4,7,14H2,1H3,(H,16,17). The van der Waals surface area contributed by atoms with Gasteiger partial charge in [-0.25, -0.2) is 4.79 Å². The molecule has 0 radical (unpaired) electrons. The molecule has 0 saturated heterocycles. The smallest absolute Gasteiger partial charge is 0.337 e. The SMILES string of the molecule is CCCN(c1ccc(C(=O)O)c(N)c1)C1CC1. The third-order valence-electron chi connectivity index (χ3n) is 3.05. The van der Waals surface area contributed by atoms with Gasteiger partial charge >= 0.3 is 5.97 Å². The van der Waals surface area contributed by atoms with Gasteiger partial charge in [0.15, 0.2) is 0 Å². The Morgan fingerprint density at radius 1 is 1.53 bits per heavy atom. The first-order valence-corrected chi connectivity index (χ1v) is 6.03. The van der Waals surface area contributed by atoms with Crippen LogP contribution in [0.3, 0.4) is 0 Å². The summed E-state index contributed by atoms with van der Waals surface area (Å²) >= 11 is 0. The predicted octanol–water partition coefficient (Wildman–Crippen LogP) is 2.35. The highest BCUT2D eigenvalue weighted by Crippen LogP contribution is 2.33. The first kappa shape index (κ1) is 11.8. The van der Waals surface area contributed by atoms with E-state index < -0.39 is 5.97 Å². The second kappa shape index (κ2) is 4.65. The zero-order valence-corrected chi connectivity index (χ0v) is 10.0. The maximum atomic E-state index is 10.9. The number of carboxylic acids is 1. The Bertz CT molecular complexity index is 427. The largest absolute Gasteiger partial charge is 0.478 e. The zero-order valence-electron chi connectivity index (χ0n) is 10.0. The minimum Gasteiger partial charge on any atom is -0.478 e. The summed E-state index contributed by atoms with van der Waals surface area (Å²) < 4.78 is 0. The lowest BCUT2D eigenvalue weighted by Gasteiger charge is -2.24. The minimum atomic E-state index is -0.970. The molecule has 1 aliphatic carbocycles. The van der Waals surface area contributed by atoms with E-state index in [-0.39, 0.29) is 5.56 Å². The van der Waals surface area contributed by atoms with Gasteiger partial charge in [-0.1, -0.05) is 6.92 Å². The van der Waals surface area contributed by atoms with Crippen LogP contribution < -0.4 is 10.6 Å². The molecular weight excluding hydrogens is 216 g/mol. The molecule has 0 atom stereocenters. The summed E-state index contributed by atoms with van der Waals surface area (Å²) in [5, 5.41) is 8.93. The highest BCUT2D eigenvalue weighted by molar-refractivity contribution is 5.94. The fourth-order valence-electron chi connectivity index (χ4n) is 2.07. The number of hydrogen-bond donors (Lipinski definition) is 2. The molecule has 1 fully saturated rings. The van der Waals surface area contributed by atoms with Crippen molar-refractivity contribution in [1.29, 1.82) is 0 Å². The van der Waals surface area contributed by atoms with Gasteiger partial charge in [0.05, 0.1) is 5.56 Å². The van der Waals surface area contributed by atoms with Crippen molar-refractivity contribution in [1.82, 2.24) is 0 Å². The van der Waals surface area contributed by atoms with Crippen LogP contribution in [0.15, 0.2) is 18.2 Å². The van der Waals surface area contributed by atoms with E-state index in [9.17, 15) is 4.79 Å². The molecule has 0 amide bonds. The van der Waals surface area contributed by atoms with E-state index in [1.165, 1.54) is 12.8 Å². The molecule has 2 rings (SSSR count). The maximum Gasteiger partial charge on any atom is 0.337 e. The maximum absolute atomic E-state index is 10.9. The van der Waals surface area contributed by atoms with Crippen molar-refractivity contribution in [3.63, 3.8) is 0 Å². The van der Waals surface area contributed by atoms with Crippen molar-refractivity contribution in [3.05, 3.63) is 23.8 Å². The molecule has 4 nitrogen and oxygen atoms in total. The molecule has 0 aromatic heterocycles. The van der Waals surface area contributed by atoms with Crippen molar-refractivity contribution in [2.24, 2.45) is 0 Å². The Morgan fingerprint density at radius 2 is 2.24 bits per heavy atom. The van der Waals surface area contributed by atoms with Crippen LogP contribution >= 0.6 is 0 Å². The monoisotopic (exact) mass is 234 g/mol. The summed E-state index contributed by atoms with van der Waals surface area (Å²) in [6.07, 6.45) is 3.53. The molecule has 0 unspecified atom stereocenters. The summed E-state index contributed by atoms with van der Waals surface area (Å²) in [5.74, 6) is -0.970. The van der Waals surface area contributed by atoms with Crippen molar-refractivity contribution < 1.29 is 9.90 Å². The Labute approximate surface area is 101 Å². The second-order valence-corrected chi connectivity index (χ2v) is 4.50. The Kier molecular flexibility index (Phi) is 3.22. The molecular formula is C13H18N2O2. The number of rotatable bonds is 5. The minimum absolute atomic E-state index is 0.181. The number of aromatic carboxylic acids is 1. The number of hydrogen-bond acceptors (Lipinski definition) is 3. The third kappa shape index (κ3) is 2.52. The number of carbonyl (C=O) groups is 1. The van der Waals surface area contributed by atoms with Crippen LogP contribution in [0.4, 0.5) is 11.4 Å². The molecule has 3 N–H and O–H groups in total. The zero-order chi connectivity index (χ0) is 12.4. The predicted molar refractivity (Wildman–Crippen MR) is 68.5 cm³/mol. The molecule has 1 aliphatic rings. The molecule has 92 valence electrons. The van der Waals surface area contributed by atoms with E-state index in [1.807, 2.05) is 6.07 Å². The lowest BCUT2D eigenvalue weighted by molar-refractivity contribution is 0.0698.